The molecule has 1 aromatic heterocycles. The first kappa shape index (κ1) is 19.4. The molecule has 1 amide bonds. The average molecular weight is 451 g/mol. The van der Waals surface area contributed by atoms with Crippen LogP contribution in [0.4, 0.5) is 5.69 Å². The number of carbonyl (C=O) groups is 1. The molecule has 142 valence electrons. The van der Waals surface area contributed by atoms with E-state index in [0.29, 0.717) is 22.8 Å². The SMILES string of the molecule is CCOc1ccc(Br)cc1S(=O)NC(=O)c1cc2ccc(N(C)C)cc2o1. The molecule has 0 aliphatic heterocycles. The Labute approximate surface area is 168 Å². The maximum absolute atomic E-state index is 12.7. The summed E-state index contributed by atoms with van der Waals surface area (Å²) in [4.78, 5) is 14.8. The quantitative estimate of drug-likeness (QED) is 0.611. The molecule has 1 heterocycles. The van der Waals surface area contributed by atoms with Gasteiger partial charge in [-0.15, -0.1) is 0 Å². The fraction of sp³-hybridized carbons (Fsp3) is 0.211. The molecule has 2 aromatic carbocycles. The predicted molar refractivity (Wildman–Crippen MR) is 110 cm³/mol. The monoisotopic (exact) mass is 450 g/mol. The van der Waals surface area contributed by atoms with E-state index in [9.17, 15) is 9.00 Å². The standard InChI is InChI=1S/C19H19BrN2O4S/c1-4-25-15-8-6-13(20)10-18(15)27(24)21-19(23)17-9-12-5-7-14(22(2)3)11-16(12)26-17/h5-11H,4H2,1-3H3,(H,21,23). The molecular weight excluding hydrogens is 432 g/mol. The first-order chi connectivity index (χ1) is 12.9. The Morgan fingerprint density at radius 3 is 2.70 bits per heavy atom. The van der Waals surface area contributed by atoms with E-state index in [2.05, 4.69) is 20.7 Å². The van der Waals surface area contributed by atoms with Crippen molar-refractivity contribution >= 4 is 49.5 Å². The normalized spacial score (nSPS) is 12.0. The number of rotatable bonds is 6. The van der Waals surface area contributed by atoms with Crippen molar-refractivity contribution in [2.45, 2.75) is 11.8 Å². The van der Waals surface area contributed by atoms with E-state index in [-0.39, 0.29) is 5.76 Å². The van der Waals surface area contributed by atoms with E-state index in [0.717, 1.165) is 15.5 Å². The number of benzene rings is 2. The second kappa shape index (κ2) is 8.14. The number of hydrogen-bond donors (Lipinski definition) is 1. The van der Waals surface area contributed by atoms with E-state index >= 15 is 0 Å². The molecule has 1 atom stereocenters. The van der Waals surface area contributed by atoms with Gasteiger partial charge in [0.25, 0.3) is 5.91 Å². The molecule has 8 heteroatoms. The topological polar surface area (TPSA) is 71.8 Å². The molecule has 27 heavy (non-hydrogen) atoms. The second-order valence-corrected chi connectivity index (χ2v) is 8.05. The summed E-state index contributed by atoms with van der Waals surface area (Å²) in [5.74, 6) is 0.000127. The summed E-state index contributed by atoms with van der Waals surface area (Å²) in [6, 6.07) is 12.4. The molecule has 0 aliphatic rings. The smallest absolute Gasteiger partial charge is 0.298 e. The Balaban J connectivity index is 1.84. The van der Waals surface area contributed by atoms with Crippen LogP contribution in [-0.2, 0) is 11.0 Å². The van der Waals surface area contributed by atoms with Gasteiger partial charge in [-0.3, -0.25) is 9.52 Å². The largest absolute Gasteiger partial charge is 0.493 e. The van der Waals surface area contributed by atoms with Crippen LogP contribution in [0, 0.1) is 0 Å². The van der Waals surface area contributed by atoms with Crippen LogP contribution in [0.5, 0.6) is 5.75 Å². The van der Waals surface area contributed by atoms with Crippen LogP contribution in [0.2, 0.25) is 0 Å². The van der Waals surface area contributed by atoms with E-state index < -0.39 is 16.9 Å². The molecule has 1 N–H and O–H groups in total. The molecule has 0 bridgehead atoms. The van der Waals surface area contributed by atoms with Crippen LogP contribution >= 0.6 is 15.9 Å². The highest BCUT2D eigenvalue weighted by Crippen LogP contribution is 2.27. The molecule has 3 rings (SSSR count). The zero-order valence-electron chi connectivity index (χ0n) is 15.1. The van der Waals surface area contributed by atoms with E-state index in [1.807, 2.05) is 44.1 Å². The Hall–Kier alpha value is -2.32. The zero-order valence-corrected chi connectivity index (χ0v) is 17.5. The molecule has 0 saturated carbocycles. The number of halogens is 1. The first-order valence-electron chi connectivity index (χ1n) is 8.25. The van der Waals surface area contributed by atoms with Gasteiger partial charge in [0, 0.05) is 35.7 Å². The lowest BCUT2D eigenvalue weighted by Gasteiger charge is -2.11. The van der Waals surface area contributed by atoms with Crippen molar-refractivity contribution in [2.75, 3.05) is 25.6 Å². The Kier molecular flexibility index (Phi) is 5.86. The third kappa shape index (κ3) is 4.33. The summed E-state index contributed by atoms with van der Waals surface area (Å²) in [6.07, 6.45) is 0. The fourth-order valence-corrected chi connectivity index (χ4v) is 3.94. The summed E-state index contributed by atoms with van der Waals surface area (Å²) in [6.45, 7) is 2.27. The molecule has 6 nitrogen and oxygen atoms in total. The van der Waals surface area contributed by atoms with Gasteiger partial charge in [-0.05, 0) is 43.3 Å². The Morgan fingerprint density at radius 1 is 1.22 bits per heavy atom. The van der Waals surface area contributed by atoms with E-state index in [4.69, 9.17) is 9.15 Å². The molecule has 0 spiro atoms. The summed E-state index contributed by atoms with van der Waals surface area (Å²) in [7, 11) is 2.06. The number of ether oxygens (including phenoxy) is 1. The van der Waals surface area contributed by atoms with Crippen molar-refractivity contribution in [1.82, 2.24) is 4.72 Å². The van der Waals surface area contributed by atoms with Crippen LogP contribution in [0.3, 0.4) is 0 Å². The number of nitrogens with zero attached hydrogens (tertiary/aromatic N) is 1. The van der Waals surface area contributed by atoms with Crippen LogP contribution in [-0.4, -0.2) is 30.8 Å². The molecular formula is C19H19BrN2O4S. The number of amides is 1. The molecule has 0 fully saturated rings. The maximum Gasteiger partial charge on any atom is 0.298 e. The van der Waals surface area contributed by atoms with Gasteiger partial charge in [-0.25, -0.2) is 4.21 Å². The molecule has 0 saturated heterocycles. The van der Waals surface area contributed by atoms with Crippen molar-refractivity contribution in [3.05, 3.63) is 52.7 Å². The van der Waals surface area contributed by atoms with E-state index in [1.165, 1.54) is 0 Å². The second-order valence-electron chi connectivity index (χ2n) is 5.95. The minimum atomic E-state index is -1.79. The lowest BCUT2D eigenvalue weighted by atomic mass is 10.2. The maximum atomic E-state index is 12.7. The van der Waals surface area contributed by atoms with Gasteiger partial charge in [0.05, 0.1) is 6.61 Å². The number of carbonyl (C=O) groups excluding carboxylic acids is 1. The van der Waals surface area contributed by atoms with Crippen LogP contribution in [0.1, 0.15) is 17.5 Å². The summed E-state index contributed by atoms with van der Waals surface area (Å²) >= 11 is 3.34. The van der Waals surface area contributed by atoms with Gasteiger partial charge in [0.2, 0.25) is 0 Å². The number of hydrogen-bond acceptors (Lipinski definition) is 5. The molecule has 1 unspecified atom stereocenters. The highest BCUT2D eigenvalue weighted by molar-refractivity contribution is 9.10. The van der Waals surface area contributed by atoms with Crippen molar-refractivity contribution in [2.24, 2.45) is 0 Å². The van der Waals surface area contributed by atoms with Gasteiger partial charge < -0.3 is 14.1 Å². The van der Waals surface area contributed by atoms with Crippen molar-refractivity contribution in [3.8, 4) is 5.75 Å². The highest BCUT2D eigenvalue weighted by Gasteiger charge is 2.19. The lowest BCUT2D eigenvalue weighted by Crippen LogP contribution is -2.25. The third-order valence-corrected chi connectivity index (χ3v) is 5.42. The van der Waals surface area contributed by atoms with Gasteiger partial charge in [-0.2, -0.15) is 0 Å². The first-order valence-corrected chi connectivity index (χ1v) is 10.2. The average Bonchev–Trinajstić information content (AvgIpc) is 3.06. The number of fused-ring (bicyclic) bond motifs is 1. The highest BCUT2D eigenvalue weighted by atomic mass is 79.9. The lowest BCUT2D eigenvalue weighted by molar-refractivity contribution is 0.0958. The number of nitrogens with one attached hydrogen (secondary N) is 1. The Bertz CT molecular complexity index is 1020. The molecule has 0 aliphatic carbocycles. The molecule has 0 radical (unpaired) electrons. The predicted octanol–water partition coefficient (Wildman–Crippen LogP) is 4.11. The van der Waals surface area contributed by atoms with Crippen LogP contribution in [0.25, 0.3) is 11.0 Å². The summed E-state index contributed by atoms with van der Waals surface area (Å²) in [5.41, 5.74) is 1.55. The van der Waals surface area contributed by atoms with Crippen molar-refractivity contribution < 1.29 is 18.2 Å². The number of anilines is 1. The Morgan fingerprint density at radius 2 is 2.00 bits per heavy atom. The molecule has 3 aromatic rings. The minimum absolute atomic E-state index is 0.0993. The fourth-order valence-electron chi connectivity index (χ4n) is 2.50. The summed E-state index contributed by atoms with van der Waals surface area (Å²) < 4.78 is 27.0. The summed E-state index contributed by atoms with van der Waals surface area (Å²) in [5, 5.41) is 0.800. The van der Waals surface area contributed by atoms with Crippen LogP contribution < -0.4 is 14.4 Å². The van der Waals surface area contributed by atoms with Gasteiger partial charge in [-0.1, -0.05) is 15.9 Å². The van der Waals surface area contributed by atoms with Crippen LogP contribution in [0.15, 0.2) is 56.2 Å². The van der Waals surface area contributed by atoms with Gasteiger partial charge in [0.1, 0.15) is 16.2 Å². The third-order valence-electron chi connectivity index (χ3n) is 3.83. The minimum Gasteiger partial charge on any atom is -0.493 e. The zero-order chi connectivity index (χ0) is 19.6. The van der Waals surface area contributed by atoms with Crippen molar-refractivity contribution in [3.63, 3.8) is 0 Å². The number of furan rings is 1. The van der Waals surface area contributed by atoms with E-state index in [1.54, 1.807) is 24.3 Å². The van der Waals surface area contributed by atoms with Gasteiger partial charge in [0.15, 0.2) is 16.7 Å². The van der Waals surface area contributed by atoms with Gasteiger partial charge >= 0.3 is 0 Å². The van der Waals surface area contributed by atoms with Crippen molar-refractivity contribution in [1.29, 1.82) is 0 Å².